The van der Waals surface area contributed by atoms with E-state index in [1.165, 1.54) is 13.2 Å². The molecule has 0 aliphatic heterocycles. The molecule has 1 aromatic carbocycles. The van der Waals surface area contributed by atoms with Crippen molar-refractivity contribution in [1.82, 2.24) is 0 Å². The van der Waals surface area contributed by atoms with Crippen LogP contribution in [0.5, 0.6) is 5.75 Å². The summed E-state index contributed by atoms with van der Waals surface area (Å²) >= 11 is 0. The second-order valence-electron chi connectivity index (χ2n) is 4.94. The zero-order valence-electron chi connectivity index (χ0n) is 9.96. The first-order valence-electron chi connectivity index (χ1n) is 5.62. The van der Waals surface area contributed by atoms with Gasteiger partial charge in [-0.1, -0.05) is 19.9 Å². The SMILES string of the molecule is COc1ccc(C2(N)CC2C(C)C)c(F)c1. The number of nitrogens with two attached hydrogens (primary N) is 1. The smallest absolute Gasteiger partial charge is 0.131 e. The number of hydrogen-bond acceptors (Lipinski definition) is 2. The van der Waals surface area contributed by atoms with Crippen LogP contribution in [0.25, 0.3) is 0 Å². The topological polar surface area (TPSA) is 35.2 Å². The van der Waals surface area contributed by atoms with Crippen molar-refractivity contribution in [3.8, 4) is 5.75 Å². The predicted molar refractivity (Wildman–Crippen MR) is 61.8 cm³/mol. The second-order valence-corrected chi connectivity index (χ2v) is 4.94. The zero-order chi connectivity index (χ0) is 11.9. The van der Waals surface area contributed by atoms with Crippen LogP contribution in [0, 0.1) is 17.7 Å². The summed E-state index contributed by atoms with van der Waals surface area (Å²) in [5.74, 6) is 1.15. The normalized spacial score (nSPS) is 28.2. The summed E-state index contributed by atoms with van der Waals surface area (Å²) in [6, 6.07) is 4.92. The van der Waals surface area contributed by atoms with Crippen molar-refractivity contribution in [2.45, 2.75) is 25.8 Å². The van der Waals surface area contributed by atoms with Crippen LogP contribution in [0.2, 0.25) is 0 Å². The fraction of sp³-hybridized carbons (Fsp3) is 0.538. The first-order chi connectivity index (χ1) is 7.49. The average Bonchev–Trinajstić information content (AvgIpc) is 2.91. The third kappa shape index (κ3) is 1.69. The van der Waals surface area contributed by atoms with Crippen LogP contribution in [-0.2, 0) is 5.54 Å². The molecular weight excluding hydrogens is 205 g/mol. The third-order valence-corrected chi connectivity index (χ3v) is 3.54. The minimum Gasteiger partial charge on any atom is -0.497 e. The van der Waals surface area contributed by atoms with Gasteiger partial charge in [-0.15, -0.1) is 0 Å². The second kappa shape index (κ2) is 3.74. The molecule has 0 radical (unpaired) electrons. The standard InChI is InChI=1S/C13H18FNO/c1-8(2)11-7-13(11,15)10-5-4-9(16-3)6-12(10)14/h4-6,8,11H,7,15H2,1-3H3. The maximum atomic E-state index is 13.8. The highest BCUT2D eigenvalue weighted by Gasteiger charge is 2.54. The van der Waals surface area contributed by atoms with Crippen LogP contribution in [0.3, 0.4) is 0 Å². The van der Waals surface area contributed by atoms with E-state index in [9.17, 15) is 4.39 Å². The van der Waals surface area contributed by atoms with Crippen molar-refractivity contribution < 1.29 is 9.13 Å². The molecule has 0 amide bonds. The van der Waals surface area contributed by atoms with Crippen molar-refractivity contribution >= 4 is 0 Å². The molecule has 0 aromatic heterocycles. The lowest BCUT2D eigenvalue weighted by molar-refractivity contribution is 0.408. The highest BCUT2D eigenvalue weighted by atomic mass is 19.1. The number of benzene rings is 1. The fourth-order valence-electron chi connectivity index (χ4n) is 2.45. The molecule has 0 spiro atoms. The van der Waals surface area contributed by atoms with Crippen LogP contribution in [0.15, 0.2) is 18.2 Å². The van der Waals surface area contributed by atoms with Gasteiger partial charge in [-0.3, -0.25) is 0 Å². The Morgan fingerprint density at radius 2 is 2.19 bits per heavy atom. The van der Waals surface area contributed by atoms with Gasteiger partial charge in [0.1, 0.15) is 11.6 Å². The molecule has 88 valence electrons. The Labute approximate surface area is 95.6 Å². The maximum absolute atomic E-state index is 13.8. The summed E-state index contributed by atoms with van der Waals surface area (Å²) in [5.41, 5.74) is 6.37. The van der Waals surface area contributed by atoms with E-state index in [4.69, 9.17) is 10.5 Å². The molecule has 16 heavy (non-hydrogen) atoms. The van der Waals surface area contributed by atoms with Crippen LogP contribution in [-0.4, -0.2) is 7.11 Å². The quantitative estimate of drug-likeness (QED) is 0.855. The number of hydrogen-bond donors (Lipinski definition) is 1. The van der Waals surface area contributed by atoms with E-state index < -0.39 is 5.54 Å². The molecule has 1 aromatic rings. The van der Waals surface area contributed by atoms with Gasteiger partial charge >= 0.3 is 0 Å². The molecule has 2 unspecified atom stereocenters. The Balaban J connectivity index is 2.29. The molecule has 1 aliphatic rings. The lowest BCUT2D eigenvalue weighted by Crippen LogP contribution is -2.25. The van der Waals surface area contributed by atoms with Gasteiger partial charge in [0.2, 0.25) is 0 Å². The number of halogens is 1. The summed E-state index contributed by atoms with van der Waals surface area (Å²) in [5, 5.41) is 0. The Hall–Kier alpha value is -1.09. The molecule has 0 saturated heterocycles. The minimum absolute atomic E-state index is 0.259. The monoisotopic (exact) mass is 223 g/mol. The minimum atomic E-state index is -0.468. The van der Waals surface area contributed by atoms with Crippen molar-refractivity contribution in [2.75, 3.05) is 7.11 Å². The van der Waals surface area contributed by atoms with E-state index in [1.54, 1.807) is 12.1 Å². The Bertz CT molecular complexity index is 405. The first-order valence-corrected chi connectivity index (χ1v) is 5.62. The molecule has 2 nitrogen and oxygen atoms in total. The maximum Gasteiger partial charge on any atom is 0.131 e. The Morgan fingerprint density at radius 1 is 1.50 bits per heavy atom. The van der Waals surface area contributed by atoms with Crippen molar-refractivity contribution in [1.29, 1.82) is 0 Å². The molecule has 1 fully saturated rings. The van der Waals surface area contributed by atoms with Gasteiger partial charge in [0, 0.05) is 17.2 Å². The summed E-state index contributed by atoms with van der Waals surface area (Å²) in [6.07, 6.45) is 0.869. The highest BCUT2D eigenvalue weighted by molar-refractivity contribution is 5.38. The lowest BCUT2D eigenvalue weighted by Gasteiger charge is -2.15. The summed E-state index contributed by atoms with van der Waals surface area (Å²) in [4.78, 5) is 0. The van der Waals surface area contributed by atoms with Gasteiger partial charge in [0.15, 0.2) is 0 Å². The summed E-state index contributed by atoms with van der Waals surface area (Å²) in [6.45, 7) is 4.25. The molecule has 2 N–H and O–H groups in total. The molecule has 1 saturated carbocycles. The summed E-state index contributed by atoms with van der Waals surface area (Å²) in [7, 11) is 1.53. The first kappa shape index (κ1) is 11.4. The lowest BCUT2D eigenvalue weighted by atomic mass is 9.97. The van der Waals surface area contributed by atoms with E-state index in [0.29, 0.717) is 23.1 Å². The zero-order valence-corrected chi connectivity index (χ0v) is 9.96. The van der Waals surface area contributed by atoms with Crippen molar-refractivity contribution in [3.63, 3.8) is 0 Å². The van der Waals surface area contributed by atoms with E-state index >= 15 is 0 Å². The van der Waals surface area contributed by atoms with Crippen LogP contribution in [0.1, 0.15) is 25.8 Å². The molecule has 0 heterocycles. The predicted octanol–water partition coefficient (Wildman–Crippen LogP) is 2.66. The highest BCUT2D eigenvalue weighted by Crippen LogP contribution is 2.54. The fourth-order valence-corrected chi connectivity index (χ4v) is 2.45. The van der Waals surface area contributed by atoms with Gasteiger partial charge in [-0.25, -0.2) is 4.39 Å². The van der Waals surface area contributed by atoms with Crippen molar-refractivity contribution in [2.24, 2.45) is 17.6 Å². The molecule has 2 atom stereocenters. The van der Waals surface area contributed by atoms with E-state index in [2.05, 4.69) is 13.8 Å². The molecule has 1 aliphatic carbocycles. The Morgan fingerprint density at radius 3 is 2.62 bits per heavy atom. The summed E-state index contributed by atoms with van der Waals surface area (Å²) < 4.78 is 18.8. The molecule has 3 heteroatoms. The number of methoxy groups -OCH3 is 1. The van der Waals surface area contributed by atoms with Gasteiger partial charge < -0.3 is 10.5 Å². The largest absolute Gasteiger partial charge is 0.497 e. The van der Waals surface area contributed by atoms with Crippen LogP contribution in [0.4, 0.5) is 4.39 Å². The average molecular weight is 223 g/mol. The number of ether oxygens (including phenoxy) is 1. The van der Waals surface area contributed by atoms with Gasteiger partial charge in [0.25, 0.3) is 0 Å². The van der Waals surface area contributed by atoms with Crippen molar-refractivity contribution in [3.05, 3.63) is 29.6 Å². The van der Waals surface area contributed by atoms with Gasteiger partial charge in [-0.05, 0) is 24.3 Å². The molecular formula is C13H18FNO. The Kier molecular flexibility index (Phi) is 2.66. The molecule has 2 rings (SSSR count). The van der Waals surface area contributed by atoms with Crippen LogP contribution < -0.4 is 10.5 Å². The molecule has 0 bridgehead atoms. The van der Waals surface area contributed by atoms with E-state index in [0.717, 1.165) is 6.42 Å². The third-order valence-electron chi connectivity index (χ3n) is 3.54. The van der Waals surface area contributed by atoms with Crippen LogP contribution >= 0.6 is 0 Å². The number of rotatable bonds is 3. The van der Waals surface area contributed by atoms with Gasteiger partial charge in [0.05, 0.1) is 7.11 Å². The van der Waals surface area contributed by atoms with Gasteiger partial charge in [-0.2, -0.15) is 0 Å². The van der Waals surface area contributed by atoms with E-state index in [1.807, 2.05) is 0 Å². The van der Waals surface area contributed by atoms with E-state index in [-0.39, 0.29) is 5.82 Å².